The summed E-state index contributed by atoms with van der Waals surface area (Å²) in [4.78, 5) is 13.0. The predicted octanol–water partition coefficient (Wildman–Crippen LogP) is 4.70. The first kappa shape index (κ1) is 13.9. The molecule has 1 aromatic heterocycles. The number of halogens is 1. The van der Waals surface area contributed by atoms with Crippen LogP contribution in [0.15, 0.2) is 42.5 Å². The lowest BCUT2D eigenvalue weighted by Gasteiger charge is -2.09. The molecule has 3 aromatic rings. The molecule has 0 atom stereocenters. The van der Waals surface area contributed by atoms with Gasteiger partial charge in [0.1, 0.15) is 4.88 Å². The first-order valence-corrected chi connectivity index (χ1v) is 7.61. The molecule has 0 aliphatic carbocycles. The second-order valence-electron chi connectivity index (χ2n) is 4.73. The molecule has 106 valence electrons. The molecule has 1 amide bonds. The van der Waals surface area contributed by atoms with Crippen molar-refractivity contribution >= 4 is 50.3 Å². The second kappa shape index (κ2) is 5.39. The Balaban J connectivity index is 2.00. The summed E-state index contributed by atoms with van der Waals surface area (Å²) in [5.41, 5.74) is 8.14. The molecule has 0 unspecified atom stereocenters. The number of anilines is 2. The topological polar surface area (TPSA) is 55.1 Å². The largest absolute Gasteiger partial charge is 0.397 e. The fraction of sp³-hybridized carbons (Fsp3) is 0.0625. The Morgan fingerprint density at radius 1 is 1.19 bits per heavy atom. The van der Waals surface area contributed by atoms with Gasteiger partial charge in [-0.2, -0.15) is 0 Å². The van der Waals surface area contributed by atoms with E-state index >= 15 is 0 Å². The molecular weight excluding hydrogens is 304 g/mol. The number of thiophene rings is 1. The molecule has 0 aliphatic rings. The van der Waals surface area contributed by atoms with Gasteiger partial charge in [-0.25, -0.2) is 0 Å². The molecule has 0 bridgehead atoms. The van der Waals surface area contributed by atoms with Crippen molar-refractivity contribution < 1.29 is 4.79 Å². The van der Waals surface area contributed by atoms with E-state index in [4.69, 9.17) is 17.3 Å². The van der Waals surface area contributed by atoms with Gasteiger partial charge in [0.25, 0.3) is 5.91 Å². The number of hydrogen-bond acceptors (Lipinski definition) is 3. The van der Waals surface area contributed by atoms with Crippen molar-refractivity contribution in [2.45, 2.75) is 6.92 Å². The maximum atomic E-state index is 12.5. The minimum absolute atomic E-state index is 0.232. The van der Waals surface area contributed by atoms with Gasteiger partial charge < -0.3 is 11.1 Å². The van der Waals surface area contributed by atoms with Gasteiger partial charge >= 0.3 is 0 Å². The number of benzene rings is 2. The third-order valence-corrected chi connectivity index (χ3v) is 4.80. The van der Waals surface area contributed by atoms with Crippen LogP contribution < -0.4 is 11.1 Å². The minimum Gasteiger partial charge on any atom is -0.397 e. The molecule has 1 heterocycles. The third kappa shape index (κ3) is 2.48. The summed E-state index contributed by atoms with van der Waals surface area (Å²) in [6.07, 6.45) is 0. The quantitative estimate of drug-likeness (QED) is 0.720. The molecule has 0 spiro atoms. The summed E-state index contributed by atoms with van der Waals surface area (Å²) >= 11 is 7.52. The number of nitrogens with one attached hydrogen (secondary N) is 1. The average Bonchev–Trinajstić information content (AvgIpc) is 2.81. The van der Waals surface area contributed by atoms with Crippen LogP contribution in [0.2, 0.25) is 5.02 Å². The van der Waals surface area contributed by atoms with Gasteiger partial charge in [0, 0.05) is 10.1 Å². The highest BCUT2D eigenvalue weighted by Gasteiger charge is 2.17. The van der Waals surface area contributed by atoms with Crippen molar-refractivity contribution in [1.29, 1.82) is 0 Å². The molecule has 0 saturated heterocycles. The van der Waals surface area contributed by atoms with Crippen LogP contribution in [0.4, 0.5) is 11.4 Å². The number of carbonyl (C=O) groups is 1. The number of amides is 1. The smallest absolute Gasteiger partial charge is 0.267 e. The van der Waals surface area contributed by atoms with E-state index in [0.717, 1.165) is 15.6 Å². The van der Waals surface area contributed by atoms with Crippen LogP contribution in [0.1, 0.15) is 15.2 Å². The van der Waals surface area contributed by atoms with E-state index in [-0.39, 0.29) is 5.91 Å². The highest BCUT2D eigenvalue weighted by molar-refractivity contribution is 7.21. The maximum absolute atomic E-state index is 12.5. The standard InChI is InChI=1S/C16H13ClN2OS/c1-9-5-4-7-11(17)14(9)19-16(20)15-13(18)10-6-2-3-8-12(10)21-15/h2-8H,18H2,1H3,(H,19,20). The summed E-state index contributed by atoms with van der Waals surface area (Å²) in [5, 5.41) is 4.28. The molecule has 3 N–H and O–H groups in total. The molecule has 0 fully saturated rings. The lowest BCUT2D eigenvalue weighted by molar-refractivity contribution is 0.103. The van der Waals surface area contributed by atoms with Crippen LogP contribution in [-0.4, -0.2) is 5.91 Å². The van der Waals surface area contributed by atoms with Gasteiger partial charge in [-0.15, -0.1) is 11.3 Å². The number of para-hydroxylation sites is 1. The minimum atomic E-state index is -0.232. The number of nitrogen functional groups attached to an aromatic ring is 1. The Morgan fingerprint density at radius 3 is 2.67 bits per heavy atom. The molecule has 0 aliphatic heterocycles. The van der Waals surface area contributed by atoms with Crippen molar-refractivity contribution in [2.75, 3.05) is 11.1 Å². The van der Waals surface area contributed by atoms with Gasteiger partial charge in [-0.3, -0.25) is 4.79 Å². The Kier molecular flexibility index (Phi) is 3.57. The zero-order chi connectivity index (χ0) is 15.0. The number of aryl methyl sites for hydroxylation is 1. The first-order chi connectivity index (χ1) is 10.1. The van der Waals surface area contributed by atoms with E-state index in [1.807, 2.05) is 43.3 Å². The zero-order valence-corrected chi connectivity index (χ0v) is 12.9. The van der Waals surface area contributed by atoms with Crippen molar-refractivity contribution in [3.8, 4) is 0 Å². The van der Waals surface area contributed by atoms with Gasteiger partial charge in [0.2, 0.25) is 0 Å². The molecule has 21 heavy (non-hydrogen) atoms. The lowest BCUT2D eigenvalue weighted by atomic mass is 10.2. The van der Waals surface area contributed by atoms with Crippen LogP contribution >= 0.6 is 22.9 Å². The normalized spacial score (nSPS) is 10.8. The van der Waals surface area contributed by atoms with Crippen molar-refractivity contribution in [2.24, 2.45) is 0 Å². The summed E-state index contributed by atoms with van der Waals surface area (Å²) in [6, 6.07) is 13.2. The number of rotatable bonds is 2. The predicted molar refractivity (Wildman–Crippen MR) is 90.4 cm³/mol. The summed E-state index contributed by atoms with van der Waals surface area (Å²) < 4.78 is 0.996. The van der Waals surface area contributed by atoms with Crippen LogP contribution in [0.3, 0.4) is 0 Å². The second-order valence-corrected chi connectivity index (χ2v) is 6.19. The number of fused-ring (bicyclic) bond motifs is 1. The summed E-state index contributed by atoms with van der Waals surface area (Å²) in [6.45, 7) is 1.90. The molecule has 0 radical (unpaired) electrons. The van der Waals surface area contributed by atoms with Gasteiger partial charge in [-0.1, -0.05) is 41.9 Å². The van der Waals surface area contributed by atoms with E-state index in [1.165, 1.54) is 11.3 Å². The van der Waals surface area contributed by atoms with Crippen LogP contribution in [0.25, 0.3) is 10.1 Å². The molecule has 2 aromatic carbocycles. The average molecular weight is 317 g/mol. The SMILES string of the molecule is Cc1cccc(Cl)c1NC(=O)c1sc2ccccc2c1N. The van der Waals surface area contributed by atoms with Gasteiger partial charge in [0.15, 0.2) is 0 Å². The van der Waals surface area contributed by atoms with Gasteiger partial charge in [-0.05, 0) is 24.6 Å². The third-order valence-electron chi connectivity index (χ3n) is 3.30. The number of carbonyl (C=O) groups excluding carboxylic acids is 1. The highest BCUT2D eigenvalue weighted by atomic mass is 35.5. The van der Waals surface area contributed by atoms with E-state index in [2.05, 4.69) is 5.32 Å². The van der Waals surface area contributed by atoms with Crippen molar-refractivity contribution in [3.05, 3.63) is 57.9 Å². The summed E-state index contributed by atoms with van der Waals surface area (Å²) in [7, 11) is 0. The molecule has 0 saturated carbocycles. The van der Waals surface area contributed by atoms with Crippen LogP contribution in [0, 0.1) is 6.92 Å². The Labute approximate surface area is 131 Å². The summed E-state index contributed by atoms with van der Waals surface area (Å²) in [5.74, 6) is -0.232. The maximum Gasteiger partial charge on any atom is 0.267 e. The number of hydrogen-bond donors (Lipinski definition) is 2. The van der Waals surface area contributed by atoms with Gasteiger partial charge in [0.05, 0.1) is 16.4 Å². The molecule has 5 heteroatoms. The van der Waals surface area contributed by atoms with Crippen molar-refractivity contribution in [1.82, 2.24) is 0 Å². The van der Waals surface area contributed by atoms with E-state index in [1.54, 1.807) is 6.07 Å². The molecule has 3 nitrogen and oxygen atoms in total. The van der Waals surface area contributed by atoms with E-state index in [9.17, 15) is 4.79 Å². The zero-order valence-electron chi connectivity index (χ0n) is 11.3. The first-order valence-electron chi connectivity index (χ1n) is 6.41. The van der Waals surface area contributed by atoms with E-state index in [0.29, 0.717) is 21.3 Å². The van der Waals surface area contributed by atoms with Crippen LogP contribution in [-0.2, 0) is 0 Å². The van der Waals surface area contributed by atoms with Crippen LogP contribution in [0.5, 0.6) is 0 Å². The Hall–Kier alpha value is -2.04. The number of nitrogens with two attached hydrogens (primary N) is 1. The Bertz CT molecular complexity index is 821. The monoisotopic (exact) mass is 316 g/mol. The molecular formula is C16H13ClN2OS. The fourth-order valence-corrected chi connectivity index (χ4v) is 3.48. The van der Waals surface area contributed by atoms with Crippen molar-refractivity contribution in [3.63, 3.8) is 0 Å². The molecule has 3 rings (SSSR count). The highest BCUT2D eigenvalue weighted by Crippen LogP contribution is 2.34. The Morgan fingerprint density at radius 2 is 1.95 bits per heavy atom. The lowest BCUT2D eigenvalue weighted by Crippen LogP contribution is -2.13. The van der Waals surface area contributed by atoms with E-state index < -0.39 is 0 Å². The fourth-order valence-electron chi connectivity index (χ4n) is 2.19.